The molecule has 0 aromatic heterocycles. The normalized spacial score (nSPS) is 13.9. The van der Waals surface area contributed by atoms with E-state index in [2.05, 4.69) is 0 Å². The second kappa shape index (κ2) is 7.71. The molecule has 0 bridgehead atoms. The smallest absolute Gasteiger partial charge is 0.315 e. The Morgan fingerprint density at radius 3 is 2.54 bits per heavy atom. The first kappa shape index (κ1) is 18.0. The highest BCUT2D eigenvalue weighted by Gasteiger charge is 2.28. The lowest BCUT2D eigenvalue weighted by atomic mass is 10.1. The van der Waals surface area contributed by atoms with Crippen LogP contribution in [0.5, 0.6) is 11.5 Å². The van der Waals surface area contributed by atoms with Crippen LogP contribution in [0.2, 0.25) is 5.02 Å². The predicted octanol–water partition coefficient (Wildman–Crippen LogP) is 5.10. The number of benzene rings is 3. The van der Waals surface area contributed by atoms with Gasteiger partial charge in [-0.25, -0.2) is 0 Å². The van der Waals surface area contributed by atoms with Gasteiger partial charge in [-0.15, -0.1) is 0 Å². The third kappa shape index (κ3) is 3.82. The van der Waals surface area contributed by atoms with E-state index in [1.807, 2.05) is 42.5 Å². The van der Waals surface area contributed by atoms with Crippen molar-refractivity contribution >= 4 is 29.4 Å². The van der Waals surface area contributed by atoms with Crippen molar-refractivity contribution in [2.45, 2.75) is 6.42 Å². The molecule has 0 aliphatic carbocycles. The first-order chi connectivity index (χ1) is 13.6. The summed E-state index contributed by atoms with van der Waals surface area (Å²) < 4.78 is 11.1. The second-order valence-corrected chi connectivity index (χ2v) is 6.66. The summed E-state index contributed by atoms with van der Waals surface area (Å²) in [6, 6.07) is 21.2. The lowest BCUT2D eigenvalue weighted by Crippen LogP contribution is -2.11. The van der Waals surface area contributed by atoms with Crippen LogP contribution < -0.4 is 9.47 Å². The van der Waals surface area contributed by atoms with Gasteiger partial charge >= 0.3 is 5.97 Å². The number of halogens is 1. The maximum atomic E-state index is 12.5. The molecule has 0 radical (unpaired) electrons. The molecule has 0 fully saturated rings. The molecular formula is C23H15ClO4. The fourth-order valence-corrected chi connectivity index (χ4v) is 3.08. The van der Waals surface area contributed by atoms with Crippen molar-refractivity contribution in [3.63, 3.8) is 0 Å². The van der Waals surface area contributed by atoms with E-state index >= 15 is 0 Å². The van der Waals surface area contributed by atoms with Crippen LogP contribution in [0.1, 0.15) is 21.5 Å². The van der Waals surface area contributed by atoms with Crippen LogP contribution in [-0.2, 0) is 11.2 Å². The van der Waals surface area contributed by atoms with Gasteiger partial charge in [0, 0.05) is 11.1 Å². The summed E-state index contributed by atoms with van der Waals surface area (Å²) in [4.78, 5) is 24.7. The van der Waals surface area contributed by atoms with E-state index in [9.17, 15) is 9.59 Å². The molecule has 0 unspecified atom stereocenters. The van der Waals surface area contributed by atoms with Crippen molar-refractivity contribution < 1.29 is 19.1 Å². The van der Waals surface area contributed by atoms with Crippen LogP contribution >= 0.6 is 11.6 Å². The predicted molar refractivity (Wildman–Crippen MR) is 107 cm³/mol. The summed E-state index contributed by atoms with van der Waals surface area (Å²) in [7, 11) is 0. The summed E-state index contributed by atoms with van der Waals surface area (Å²) in [5.41, 5.74) is 1.97. The molecule has 1 aliphatic heterocycles. The first-order valence-corrected chi connectivity index (χ1v) is 9.05. The van der Waals surface area contributed by atoms with Gasteiger partial charge in [0.05, 0.1) is 12.0 Å². The molecule has 3 aromatic carbocycles. The molecule has 4 rings (SSSR count). The Balaban J connectivity index is 1.51. The number of allylic oxidation sites excluding steroid dienone is 1. The van der Waals surface area contributed by atoms with Crippen LogP contribution in [0, 0.1) is 0 Å². The number of Topliss-reactive ketones (excluding diaryl/α,β-unsaturated/α-hetero) is 1. The van der Waals surface area contributed by atoms with Crippen LogP contribution in [0.4, 0.5) is 0 Å². The monoisotopic (exact) mass is 390 g/mol. The van der Waals surface area contributed by atoms with E-state index in [0.29, 0.717) is 27.6 Å². The summed E-state index contributed by atoms with van der Waals surface area (Å²) in [6.07, 6.45) is 1.77. The zero-order chi connectivity index (χ0) is 19.5. The van der Waals surface area contributed by atoms with Gasteiger partial charge in [0.1, 0.15) is 11.5 Å². The van der Waals surface area contributed by atoms with Gasteiger partial charge in [-0.1, -0.05) is 60.1 Å². The average molecular weight is 391 g/mol. The van der Waals surface area contributed by atoms with Crippen LogP contribution in [-0.4, -0.2) is 11.8 Å². The Morgan fingerprint density at radius 1 is 1.00 bits per heavy atom. The third-order valence-electron chi connectivity index (χ3n) is 4.26. The van der Waals surface area contributed by atoms with Crippen molar-refractivity contribution in [3.8, 4) is 11.5 Å². The Hall–Kier alpha value is -3.37. The van der Waals surface area contributed by atoms with Crippen molar-refractivity contribution in [1.29, 1.82) is 0 Å². The van der Waals surface area contributed by atoms with Gasteiger partial charge in [0.2, 0.25) is 5.78 Å². The maximum Gasteiger partial charge on any atom is 0.315 e. The minimum atomic E-state index is -0.387. The number of ether oxygens (including phenoxy) is 2. The molecule has 4 nitrogen and oxygen atoms in total. The average Bonchev–Trinajstić information content (AvgIpc) is 2.99. The van der Waals surface area contributed by atoms with E-state index in [-0.39, 0.29) is 23.9 Å². The Kier molecular flexibility index (Phi) is 4.96. The fourth-order valence-electron chi connectivity index (χ4n) is 2.89. The number of carbonyl (C=O) groups is 2. The van der Waals surface area contributed by atoms with Crippen LogP contribution in [0.25, 0.3) is 6.08 Å². The molecule has 0 atom stereocenters. The van der Waals surface area contributed by atoms with Gasteiger partial charge in [0.25, 0.3) is 0 Å². The van der Waals surface area contributed by atoms with Gasteiger partial charge < -0.3 is 9.47 Å². The van der Waals surface area contributed by atoms with Crippen molar-refractivity contribution in [2.24, 2.45) is 0 Å². The zero-order valence-electron chi connectivity index (χ0n) is 14.7. The molecule has 0 saturated carbocycles. The van der Waals surface area contributed by atoms with Gasteiger partial charge in [0.15, 0.2) is 5.76 Å². The Labute approximate surface area is 167 Å². The highest BCUT2D eigenvalue weighted by molar-refractivity contribution is 6.32. The number of hydrogen-bond donors (Lipinski definition) is 0. The quantitative estimate of drug-likeness (QED) is 0.353. The highest BCUT2D eigenvalue weighted by Crippen LogP contribution is 2.35. The summed E-state index contributed by atoms with van der Waals surface area (Å²) in [5.74, 6) is 0.232. The number of esters is 1. The summed E-state index contributed by atoms with van der Waals surface area (Å²) >= 11 is 6.14. The molecule has 1 aliphatic rings. The molecule has 28 heavy (non-hydrogen) atoms. The minimum absolute atomic E-state index is 0.162. The lowest BCUT2D eigenvalue weighted by Gasteiger charge is -2.06. The van der Waals surface area contributed by atoms with Crippen molar-refractivity contribution in [2.75, 3.05) is 0 Å². The molecule has 0 amide bonds. The van der Waals surface area contributed by atoms with E-state index < -0.39 is 0 Å². The van der Waals surface area contributed by atoms with E-state index in [1.165, 1.54) is 0 Å². The topological polar surface area (TPSA) is 52.6 Å². The SMILES string of the molecule is O=C(Cc1ccccc1)Oc1ccc2c(c1)O/C(=C\c1ccccc1Cl)C2=O. The molecule has 5 heteroatoms. The Morgan fingerprint density at radius 2 is 1.75 bits per heavy atom. The van der Waals surface area contributed by atoms with E-state index in [4.69, 9.17) is 21.1 Å². The van der Waals surface area contributed by atoms with Gasteiger partial charge in [-0.3, -0.25) is 9.59 Å². The number of hydrogen-bond acceptors (Lipinski definition) is 4. The lowest BCUT2D eigenvalue weighted by molar-refractivity contribution is -0.133. The molecular weight excluding hydrogens is 376 g/mol. The number of carbonyl (C=O) groups excluding carboxylic acids is 2. The number of ketones is 1. The van der Waals surface area contributed by atoms with Crippen LogP contribution in [0.15, 0.2) is 78.6 Å². The number of rotatable bonds is 4. The Bertz CT molecular complexity index is 1090. The zero-order valence-corrected chi connectivity index (χ0v) is 15.5. The highest BCUT2D eigenvalue weighted by atomic mass is 35.5. The molecule has 3 aromatic rings. The van der Waals surface area contributed by atoms with Crippen molar-refractivity contribution in [1.82, 2.24) is 0 Å². The van der Waals surface area contributed by atoms with Crippen LogP contribution in [0.3, 0.4) is 0 Å². The fraction of sp³-hybridized carbons (Fsp3) is 0.0435. The summed E-state index contributed by atoms with van der Waals surface area (Å²) in [5, 5.41) is 0.526. The molecule has 0 N–H and O–H groups in total. The molecule has 1 heterocycles. The standard InChI is InChI=1S/C23H15ClO4/c24-19-9-5-4-8-16(19)13-21-23(26)18-11-10-17(14-20(18)28-21)27-22(25)12-15-6-2-1-3-7-15/h1-11,13-14H,12H2/b21-13-. The summed E-state index contributed by atoms with van der Waals surface area (Å²) in [6.45, 7) is 0. The van der Waals surface area contributed by atoms with E-state index in [1.54, 1.807) is 36.4 Å². The molecule has 138 valence electrons. The molecule has 0 spiro atoms. The van der Waals surface area contributed by atoms with Gasteiger partial charge in [-0.05, 0) is 35.4 Å². The maximum absolute atomic E-state index is 12.5. The third-order valence-corrected chi connectivity index (χ3v) is 4.60. The first-order valence-electron chi connectivity index (χ1n) is 8.67. The minimum Gasteiger partial charge on any atom is -0.452 e. The molecule has 0 saturated heterocycles. The largest absolute Gasteiger partial charge is 0.452 e. The second-order valence-electron chi connectivity index (χ2n) is 6.26. The van der Waals surface area contributed by atoms with Crippen molar-refractivity contribution in [3.05, 3.63) is 100 Å². The number of fused-ring (bicyclic) bond motifs is 1. The van der Waals surface area contributed by atoms with E-state index in [0.717, 1.165) is 5.56 Å². The van der Waals surface area contributed by atoms with Gasteiger partial charge in [-0.2, -0.15) is 0 Å².